The lowest BCUT2D eigenvalue weighted by Crippen LogP contribution is -2.43. The van der Waals surface area contributed by atoms with Crippen LogP contribution in [0, 0.1) is 5.82 Å². The number of para-hydroxylation sites is 2. The fourth-order valence-corrected chi connectivity index (χ4v) is 4.70. The van der Waals surface area contributed by atoms with E-state index < -0.39 is 11.4 Å². The van der Waals surface area contributed by atoms with Gasteiger partial charge in [-0.05, 0) is 54.3 Å². The van der Waals surface area contributed by atoms with Crippen molar-refractivity contribution in [2.45, 2.75) is 24.8 Å². The number of hydrogen-bond acceptors (Lipinski definition) is 2. The first-order valence-corrected chi connectivity index (χ1v) is 10.1. The van der Waals surface area contributed by atoms with Crippen molar-refractivity contribution in [1.29, 1.82) is 0 Å². The number of aliphatic carboxylic acids is 1. The molecule has 2 heterocycles. The average molecular weight is 421 g/mol. The van der Waals surface area contributed by atoms with E-state index in [0.29, 0.717) is 34.8 Å². The van der Waals surface area contributed by atoms with E-state index in [-0.39, 0.29) is 12.4 Å². The van der Waals surface area contributed by atoms with Crippen LogP contribution < -0.4 is 0 Å². The lowest BCUT2D eigenvalue weighted by atomic mass is 9.72. The normalized spacial score (nSPS) is 17.5. The van der Waals surface area contributed by atoms with Crippen LogP contribution in [0.15, 0.2) is 66.7 Å². The minimum atomic E-state index is -1.18. The predicted molar refractivity (Wildman–Crippen MR) is 114 cm³/mol. The van der Waals surface area contributed by atoms with E-state index in [1.54, 1.807) is 24.3 Å². The average Bonchev–Trinajstić information content (AvgIpc) is 3.11. The van der Waals surface area contributed by atoms with Crippen molar-refractivity contribution >= 4 is 28.6 Å². The van der Waals surface area contributed by atoms with Crippen LogP contribution in [-0.2, 0) is 23.2 Å². The van der Waals surface area contributed by atoms with E-state index in [1.807, 2.05) is 34.9 Å². The van der Waals surface area contributed by atoms with Gasteiger partial charge in [-0.1, -0.05) is 48.0 Å². The fourth-order valence-electron chi connectivity index (χ4n) is 4.44. The Labute approximate surface area is 177 Å². The van der Waals surface area contributed by atoms with Crippen molar-refractivity contribution in [1.82, 2.24) is 9.55 Å². The van der Waals surface area contributed by atoms with Crippen LogP contribution in [-0.4, -0.2) is 20.6 Å². The van der Waals surface area contributed by atoms with Crippen LogP contribution in [0.3, 0.4) is 0 Å². The molecule has 0 fully saturated rings. The zero-order valence-electron chi connectivity index (χ0n) is 16.0. The standard InChI is InChI=1S/C24H18ClFN2O2/c25-18-5-3-4-17-21(18)22-27-19-6-1-2-7-20(19)28(22)14-24(17,23(29)30)13-12-15-8-10-16(26)11-9-15/h1-11H,12-14H2,(H,29,30). The Morgan fingerprint density at radius 1 is 1.10 bits per heavy atom. The molecule has 3 aromatic carbocycles. The fraction of sp³-hybridized carbons (Fsp3) is 0.167. The molecule has 1 aliphatic heterocycles. The van der Waals surface area contributed by atoms with Crippen LogP contribution in [0.2, 0.25) is 5.02 Å². The van der Waals surface area contributed by atoms with Gasteiger partial charge in [0.05, 0.1) is 16.1 Å². The monoisotopic (exact) mass is 420 g/mol. The van der Waals surface area contributed by atoms with Gasteiger partial charge in [0.25, 0.3) is 0 Å². The maximum atomic E-state index is 13.3. The van der Waals surface area contributed by atoms with E-state index in [1.165, 1.54) is 12.1 Å². The molecule has 1 aromatic heterocycles. The summed E-state index contributed by atoms with van der Waals surface area (Å²) in [4.78, 5) is 17.5. The van der Waals surface area contributed by atoms with Crippen LogP contribution in [0.1, 0.15) is 17.5 Å². The quantitative estimate of drug-likeness (QED) is 0.476. The Kier molecular flexibility index (Phi) is 4.36. The summed E-state index contributed by atoms with van der Waals surface area (Å²) in [5.41, 5.74) is 2.74. The van der Waals surface area contributed by atoms with E-state index in [0.717, 1.165) is 16.6 Å². The maximum absolute atomic E-state index is 13.3. The molecule has 1 aliphatic rings. The van der Waals surface area contributed by atoms with Crippen molar-refractivity contribution in [3.63, 3.8) is 0 Å². The first-order chi connectivity index (χ1) is 14.5. The van der Waals surface area contributed by atoms with E-state index in [2.05, 4.69) is 0 Å². The third kappa shape index (κ3) is 2.81. The number of nitrogens with zero attached hydrogens (tertiary/aromatic N) is 2. The Bertz CT molecular complexity index is 1280. The number of benzene rings is 3. The molecular weight excluding hydrogens is 403 g/mol. The molecule has 5 rings (SSSR count). The lowest BCUT2D eigenvalue weighted by molar-refractivity contribution is -0.145. The number of carbonyl (C=O) groups is 1. The van der Waals surface area contributed by atoms with Gasteiger partial charge in [-0.25, -0.2) is 9.37 Å². The van der Waals surface area contributed by atoms with Crippen molar-refractivity contribution in [2.24, 2.45) is 0 Å². The zero-order valence-corrected chi connectivity index (χ0v) is 16.7. The van der Waals surface area contributed by atoms with Gasteiger partial charge in [-0.15, -0.1) is 0 Å². The van der Waals surface area contributed by atoms with Crippen molar-refractivity contribution in [3.8, 4) is 11.4 Å². The second kappa shape index (κ2) is 6.96. The summed E-state index contributed by atoms with van der Waals surface area (Å²) in [6, 6.07) is 19.3. The summed E-state index contributed by atoms with van der Waals surface area (Å²) in [5, 5.41) is 10.9. The summed E-state index contributed by atoms with van der Waals surface area (Å²) < 4.78 is 15.2. The topological polar surface area (TPSA) is 55.1 Å². The van der Waals surface area contributed by atoms with Crippen LogP contribution >= 0.6 is 11.6 Å². The zero-order chi connectivity index (χ0) is 20.9. The largest absolute Gasteiger partial charge is 0.481 e. The molecule has 0 saturated heterocycles. The Morgan fingerprint density at radius 3 is 2.63 bits per heavy atom. The number of imidazole rings is 1. The second-order valence-electron chi connectivity index (χ2n) is 7.69. The van der Waals surface area contributed by atoms with Gasteiger partial charge in [-0.3, -0.25) is 4.79 Å². The van der Waals surface area contributed by atoms with Gasteiger partial charge < -0.3 is 9.67 Å². The molecule has 0 aliphatic carbocycles. The molecular formula is C24H18ClFN2O2. The molecule has 4 aromatic rings. The van der Waals surface area contributed by atoms with Crippen molar-refractivity contribution < 1.29 is 14.3 Å². The maximum Gasteiger partial charge on any atom is 0.316 e. The molecule has 6 heteroatoms. The Balaban J connectivity index is 1.69. The predicted octanol–water partition coefficient (Wildman–Crippen LogP) is 5.46. The number of aryl methyl sites for hydroxylation is 1. The first-order valence-electron chi connectivity index (χ1n) is 9.72. The minimum Gasteiger partial charge on any atom is -0.481 e. The van der Waals surface area contributed by atoms with Crippen LogP contribution in [0.25, 0.3) is 22.4 Å². The number of carboxylic acids is 1. The SMILES string of the molecule is O=C(O)C1(CCc2ccc(F)cc2)Cn2c(nc3ccccc32)-c2c(Cl)cccc21. The molecule has 4 nitrogen and oxygen atoms in total. The van der Waals surface area contributed by atoms with Gasteiger partial charge in [-0.2, -0.15) is 0 Å². The molecule has 30 heavy (non-hydrogen) atoms. The highest BCUT2D eigenvalue weighted by molar-refractivity contribution is 6.33. The molecule has 0 radical (unpaired) electrons. The van der Waals surface area contributed by atoms with E-state index in [4.69, 9.17) is 16.6 Å². The third-order valence-electron chi connectivity index (χ3n) is 6.00. The van der Waals surface area contributed by atoms with Gasteiger partial charge >= 0.3 is 5.97 Å². The molecule has 150 valence electrons. The summed E-state index contributed by atoms with van der Waals surface area (Å²) in [5.74, 6) is -0.525. The number of carboxylic acid groups (broad SMARTS) is 1. The summed E-state index contributed by atoms with van der Waals surface area (Å²) >= 11 is 6.58. The molecule has 1 N–H and O–H groups in total. The molecule has 0 amide bonds. The third-order valence-corrected chi connectivity index (χ3v) is 6.31. The molecule has 0 bridgehead atoms. The minimum absolute atomic E-state index is 0.257. The summed E-state index contributed by atoms with van der Waals surface area (Å²) in [6.07, 6.45) is 0.855. The number of hydrogen-bond donors (Lipinski definition) is 1. The molecule has 1 unspecified atom stereocenters. The van der Waals surface area contributed by atoms with Crippen LogP contribution in [0.5, 0.6) is 0 Å². The molecule has 0 saturated carbocycles. The number of fused-ring (bicyclic) bond motifs is 5. The van der Waals surface area contributed by atoms with Gasteiger partial charge in [0, 0.05) is 12.1 Å². The Hall–Kier alpha value is -3.18. The van der Waals surface area contributed by atoms with Crippen molar-refractivity contribution in [3.05, 3.63) is 88.7 Å². The highest BCUT2D eigenvalue weighted by atomic mass is 35.5. The Morgan fingerprint density at radius 2 is 1.87 bits per heavy atom. The highest BCUT2D eigenvalue weighted by Crippen LogP contribution is 2.46. The molecule has 1 atom stereocenters. The number of halogens is 2. The van der Waals surface area contributed by atoms with Gasteiger partial charge in [0.1, 0.15) is 17.1 Å². The van der Waals surface area contributed by atoms with Crippen molar-refractivity contribution in [2.75, 3.05) is 0 Å². The van der Waals surface area contributed by atoms with Crippen LogP contribution in [0.4, 0.5) is 4.39 Å². The van der Waals surface area contributed by atoms with E-state index in [9.17, 15) is 14.3 Å². The number of aromatic nitrogens is 2. The van der Waals surface area contributed by atoms with Gasteiger partial charge in [0.2, 0.25) is 0 Å². The van der Waals surface area contributed by atoms with Gasteiger partial charge in [0.15, 0.2) is 0 Å². The lowest BCUT2D eigenvalue weighted by Gasteiger charge is -2.37. The number of rotatable bonds is 4. The smallest absolute Gasteiger partial charge is 0.316 e. The second-order valence-corrected chi connectivity index (χ2v) is 8.09. The summed E-state index contributed by atoms with van der Waals surface area (Å²) in [6.45, 7) is 0.257. The first kappa shape index (κ1) is 18.8. The summed E-state index contributed by atoms with van der Waals surface area (Å²) in [7, 11) is 0. The molecule has 0 spiro atoms. The highest BCUT2D eigenvalue weighted by Gasteiger charge is 2.46. The van der Waals surface area contributed by atoms with E-state index >= 15 is 0 Å².